The van der Waals surface area contributed by atoms with Crippen molar-refractivity contribution in [3.8, 4) is 5.75 Å². The highest BCUT2D eigenvalue weighted by Crippen LogP contribution is 2.30. The summed E-state index contributed by atoms with van der Waals surface area (Å²) < 4.78 is 10.8. The van der Waals surface area contributed by atoms with Crippen LogP contribution < -0.4 is 4.74 Å². The summed E-state index contributed by atoms with van der Waals surface area (Å²) in [5.41, 5.74) is 1.65. The summed E-state index contributed by atoms with van der Waals surface area (Å²) in [6, 6.07) is 16.9. The molecule has 0 radical (unpaired) electrons. The minimum Gasteiger partial charge on any atom is -0.497 e. The maximum absolute atomic E-state index is 10.9. The first kappa shape index (κ1) is 15.1. The zero-order valence-electron chi connectivity index (χ0n) is 12.4. The van der Waals surface area contributed by atoms with E-state index in [9.17, 15) is 5.11 Å². The van der Waals surface area contributed by atoms with Crippen LogP contribution in [0.2, 0.25) is 0 Å². The van der Waals surface area contributed by atoms with Crippen molar-refractivity contribution in [2.45, 2.75) is 19.1 Å². The van der Waals surface area contributed by atoms with E-state index in [1.165, 1.54) is 0 Å². The molecule has 0 aliphatic carbocycles. The molecule has 110 valence electrons. The first-order valence-electron chi connectivity index (χ1n) is 6.79. The molecule has 0 amide bonds. The van der Waals surface area contributed by atoms with Gasteiger partial charge < -0.3 is 14.6 Å². The lowest BCUT2D eigenvalue weighted by Gasteiger charge is -2.30. The van der Waals surface area contributed by atoms with Crippen molar-refractivity contribution >= 4 is 0 Å². The van der Waals surface area contributed by atoms with Crippen LogP contribution in [0.25, 0.3) is 0 Å². The van der Waals surface area contributed by atoms with Crippen molar-refractivity contribution in [1.82, 2.24) is 0 Å². The lowest BCUT2D eigenvalue weighted by molar-refractivity contribution is -0.184. The maximum Gasteiger partial charge on any atom is 0.238 e. The Bertz CT molecular complexity index is 590. The van der Waals surface area contributed by atoms with Crippen LogP contribution in [0.15, 0.2) is 66.9 Å². The fourth-order valence-electron chi connectivity index (χ4n) is 2.21. The second-order valence-corrected chi connectivity index (χ2v) is 4.98. The largest absolute Gasteiger partial charge is 0.497 e. The maximum atomic E-state index is 10.9. The Kier molecular flexibility index (Phi) is 4.66. The number of benzene rings is 2. The van der Waals surface area contributed by atoms with Gasteiger partial charge in [-0.05, 0) is 36.8 Å². The molecule has 0 fully saturated rings. The minimum atomic E-state index is -1.44. The van der Waals surface area contributed by atoms with Crippen molar-refractivity contribution in [3.63, 3.8) is 0 Å². The van der Waals surface area contributed by atoms with Crippen LogP contribution >= 0.6 is 0 Å². The highest BCUT2D eigenvalue weighted by atomic mass is 16.6. The van der Waals surface area contributed by atoms with Gasteiger partial charge >= 0.3 is 0 Å². The van der Waals surface area contributed by atoms with Gasteiger partial charge in [0, 0.05) is 12.0 Å². The second-order valence-electron chi connectivity index (χ2n) is 4.98. The van der Waals surface area contributed by atoms with E-state index in [-0.39, 0.29) is 0 Å². The van der Waals surface area contributed by atoms with Gasteiger partial charge in [-0.3, -0.25) is 0 Å². The zero-order valence-corrected chi connectivity index (χ0v) is 12.4. The summed E-state index contributed by atoms with van der Waals surface area (Å²) in [6.45, 7) is 5.46. The van der Waals surface area contributed by atoms with Crippen LogP contribution in [0, 0.1) is 0 Å². The van der Waals surface area contributed by atoms with Gasteiger partial charge in [0.2, 0.25) is 5.79 Å². The Morgan fingerprint density at radius 3 is 2.24 bits per heavy atom. The first-order valence-corrected chi connectivity index (χ1v) is 6.79. The van der Waals surface area contributed by atoms with E-state index in [1.54, 1.807) is 38.3 Å². The van der Waals surface area contributed by atoms with Crippen LogP contribution in [-0.2, 0) is 16.9 Å². The Hall–Kier alpha value is -2.26. The lowest BCUT2D eigenvalue weighted by Crippen LogP contribution is -2.31. The number of aliphatic hydroxyl groups is 1. The molecule has 3 heteroatoms. The van der Waals surface area contributed by atoms with E-state index in [0.717, 1.165) is 11.3 Å². The highest BCUT2D eigenvalue weighted by Gasteiger charge is 2.32. The van der Waals surface area contributed by atoms with Crippen LogP contribution in [0.5, 0.6) is 5.75 Å². The molecule has 1 N–H and O–H groups in total. The molecule has 0 bridgehead atoms. The van der Waals surface area contributed by atoms with Gasteiger partial charge in [-0.1, -0.05) is 36.9 Å². The summed E-state index contributed by atoms with van der Waals surface area (Å²) in [5, 5.41) is 10.9. The Labute approximate surface area is 125 Å². The average molecular weight is 284 g/mol. The summed E-state index contributed by atoms with van der Waals surface area (Å²) in [4.78, 5) is 0. The fraction of sp³-hybridized carbons (Fsp3) is 0.222. The van der Waals surface area contributed by atoms with Crippen molar-refractivity contribution in [3.05, 3.63) is 78.1 Å². The number of methoxy groups -OCH3 is 1. The Balaban J connectivity index is 2.33. The molecule has 3 nitrogen and oxygen atoms in total. The first-order chi connectivity index (χ1) is 10.0. The number of hydrogen-bond donors (Lipinski definition) is 1. The molecule has 2 aromatic rings. The average Bonchev–Trinajstić information content (AvgIpc) is 2.47. The van der Waals surface area contributed by atoms with E-state index in [4.69, 9.17) is 9.47 Å². The van der Waals surface area contributed by atoms with Gasteiger partial charge in [0.25, 0.3) is 0 Å². The van der Waals surface area contributed by atoms with Crippen LogP contribution in [0.1, 0.15) is 18.1 Å². The third kappa shape index (κ3) is 3.86. The summed E-state index contributed by atoms with van der Waals surface area (Å²) >= 11 is 0. The molecule has 0 heterocycles. The highest BCUT2D eigenvalue weighted by molar-refractivity contribution is 5.31. The second kappa shape index (κ2) is 6.46. The quantitative estimate of drug-likeness (QED) is 0.650. The number of ether oxygens (including phenoxy) is 2. The monoisotopic (exact) mass is 284 g/mol. The molecule has 21 heavy (non-hydrogen) atoms. The molecule has 2 aromatic carbocycles. The van der Waals surface area contributed by atoms with Crippen molar-refractivity contribution in [1.29, 1.82) is 0 Å². The van der Waals surface area contributed by atoms with E-state index >= 15 is 0 Å². The summed E-state index contributed by atoms with van der Waals surface area (Å²) in [5.74, 6) is -0.250. The molecule has 0 aromatic heterocycles. The van der Waals surface area contributed by atoms with Gasteiger partial charge in [-0.25, -0.2) is 0 Å². The topological polar surface area (TPSA) is 38.7 Å². The molecule has 0 aliphatic heterocycles. The fourth-order valence-corrected chi connectivity index (χ4v) is 2.21. The molecule has 2 rings (SSSR count). The minimum absolute atomic E-state index is 0.340. The molecule has 0 spiro atoms. The third-order valence-corrected chi connectivity index (χ3v) is 3.17. The number of allylic oxidation sites excluding steroid dienone is 1. The molecular weight excluding hydrogens is 264 g/mol. The lowest BCUT2D eigenvalue weighted by atomic mass is 9.97. The van der Waals surface area contributed by atoms with Crippen LogP contribution in [-0.4, -0.2) is 12.2 Å². The van der Waals surface area contributed by atoms with Gasteiger partial charge in [0.15, 0.2) is 0 Å². The summed E-state index contributed by atoms with van der Waals surface area (Å²) in [7, 11) is 1.61. The van der Waals surface area contributed by atoms with E-state index in [2.05, 4.69) is 6.58 Å². The van der Waals surface area contributed by atoms with Crippen molar-refractivity contribution in [2.24, 2.45) is 0 Å². The van der Waals surface area contributed by atoms with E-state index in [0.29, 0.717) is 17.7 Å². The summed E-state index contributed by atoms with van der Waals surface area (Å²) in [6.07, 6.45) is 0.340. The smallest absolute Gasteiger partial charge is 0.238 e. The predicted octanol–water partition coefficient (Wildman–Crippen LogP) is 3.63. The molecule has 1 atom stereocenters. The molecule has 0 saturated carbocycles. The van der Waals surface area contributed by atoms with Crippen molar-refractivity contribution in [2.75, 3.05) is 7.11 Å². The van der Waals surface area contributed by atoms with Crippen molar-refractivity contribution < 1.29 is 14.6 Å². The standard InChI is InChI=1S/C18H20O3/c1-14(2)21-18(19,13-15-7-5-4-6-8-15)16-9-11-17(20-3)12-10-16/h4-12,19H,1,13H2,2-3H3/t18-/m1/s1. The SMILES string of the molecule is C=C(C)O[C@](O)(Cc1ccccc1)c1ccc(OC)cc1. The number of hydrogen-bond acceptors (Lipinski definition) is 3. The van der Waals surface area contributed by atoms with Gasteiger partial charge in [-0.15, -0.1) is 0 Å². The van der Waals surface area contributed by atoms with Crippen LogP contribution in [0.3, 0.4) is 0 Å². The predicted molar refractivity (Wildman–Crippen MR) is 82.9 cm³/mol. The molecule has 0 saturated heterocycles. The van der Waals surface area contributed by atoms with E-state index in [1.807, 2.05) is 30.3 Å². The normalized spacial score (nSPS) is 13.3. The Morgan fingerprint density at radius 2 is 1.71 bits per heavy atom. The molecular formula is C18H20O3. The van der Waals surface area contributed by atoms with Gasteiger partial charge in [-0.2, -0.15) is 0 Å². The van der Waals surface area contributed by atoms with Gasteiger partial charge in [0.1, 0.15) is 5.75 Å². The molecule has 0 aliphatic rings. The van der Waals surface area contributed by atoms with E-state index < -0.39 is 5.79 Å². The molecule has 0 unspecified atom stereocenters. The Morgan fingerprint density at radius 1 is 1.10 bits per heavy atom. The zero-order chi connectivity index (χ0) is 15.3. The van der Waals surface area contributed by atoms with Gasteiger partial charge in [0.05, 0.1) is 12.9 Å². The van der Waals surface area contributed by atoms with Crippen LogP contribution in [0.4, 0.5) is 0 Å². The third-order valence-electron chi connectivity index (χ3n) is 3.17. The number of rotatable bonds is 6.